The Balaban J connectivity index is 1.65. The molecule has 2 fully saturated rings. The molecule has 3 rings (SSSR count). The lowest BCUT2D eigenvalue weighted by Gasteiger charge is -2.31. The molecule has 0 saturated heterocycles. The Morgan fingerprint density at radius 1 is 1.26 bits per heavy atom. The molecule has 1 aromatic rings. The van der Waals surface area contributed by atoms with Gasteiger partial charge in [-0.05, 0) is 43.1 Å². The summed E-state index contributed by atoms with van der Waals surface area (Å²) in [6, 6.07) is 9.21. The smallest absolute Gasteiger partial charge is 0.251 e. The van der Waals surface area contributed by atoms with Crippen LogP contribution in [0.4, 0.5) is 0 Å². The van der Waals surface area contributed by atoms with Gasteiger partial charge in [-0.2, -0.15) is 0 Å². The van der Waals surface area contributed by atoms with Crippen LogP contribution in [-0.2, 0) is 16.1 Å². The lowest BCUT2D eigenvalue weighted by atomic mass is 10.0. The fourth-order valence-corrected chi connectivity index (χ4v) is 2.98. The summed E-state index contributed by atoms with van der Waals surface area (Å²) < 4.78 is 0. The van der Waals surface area contributed by atoms with Crippen molar-refractivity contribution in [2.45, 2.75) is 44.4 Å². The van der Waals surface area contributed by atoms with Crippen molar-refractivity contribution in [3.63, 3.8) is 0 Å². The average Bonchev–Trinajstić information content (AvgIpc) is 3.46. The summed E-state index contributed by atoms with van der Waals surface area (Å²) in [5, 5.41) is 13.3. The predicted molar refractivity (Wildman–Crippen MR) is 86.3 cm³/mol. The van der Waals surface area contributed by atoms with E-state index in [-0.39, 0.29) is 11.8 Å². The molecule has 5 nitrogen and oxygen atoms in total. The van der Waals surface area contributed by atoms with Gasteiger partial charge in [0.25, 0.3) is 5.91 Å². The van der Waals surface area contributed by atoms with E-state index in [9.17, 15) is 14.7 Å². The van der Waals surface area contributed by atoms with Crippen molar-refractivity contribution >= 4 is 12.3 Å². The topological polar surface area (TPSA) is 69.6 Å². The van der Waals surface area contributed by atoms with Gasteiger partial charge in [-0.15, -0.1) is 0 Å². The number of benzene rings is 1. The van der Waals surface area contributed by atoms with Crippen molar-refractivity contribution in [2.75, 3.05) is 6.54 Å². The van der Waals surface area contributed by atoms with Crippen molar-refractivity contribution in [3.05, 3.63) is 35.9 Å². The molecule has 0 heterocycles. The van der Waals surface area contributed by atoms with Gasteiger partial charge in [0, 0.05) is 13.1 Å². The zero-order valence-electron chi connectivity index (χ0n) is 13.2. The van der Waals surface area contributed by atoms with Crippen LogP contribution in [0, 0.1) is 11.8 Å². The Labute approximate surface area is 136 Å². The second-order valence-corrected chi connectivity index (χ2v) is 6.72. The van der Waals surface area contributed by atoms with Crippen molar-refractivity contribution in [2.24, 2.45) is 11.8 Å². The Hall–Kier alpha value is -1.88. The predicted octanol–water partition coefficient (Wildman–Crippen LogP) is 1.31. The molecular formula is C18H24N2O3. The molecule has 5 heteroatoms. The number of nitrogens with one attached hydrogen (secondary N) is 1. The highest BCUT2D eigenvalue weighted by Gasteiger charge is 2.42. The Morgan fingerprint density at radius 3 is 2.52 bits per heavy atom. The summed E-state index contributed by atoms with van der Waals surface area (Å²) in [5.41, 5.74) is 0.996. The summed E-state index contributed by atoms with van der Waals surface area (Å²) in [4.78, 5) is 25.4. The van der Waals surface area contributed by atoms with Crippen LogP contribution in [0.1, 0.15) is 31.2 Å². The molecule has 2 N–H and O–H groups in total. The van der Waals surface area contributed by atoms with E-state index in [0.29, 0.717) is 19.0 Å². The van der Waals surface area contributed by atoms with Crippen LogP contribution in [0.3, 0.4) is 0 Å². The fraction of sp³-hybridized carbons (Fsp3) is 0.556. The van der Waals surface area contributed by atoms with E-state index in [2.05, 4.69) is 5.32 Å². The molecule has 2 saturated carbocycles. The molecule has 1 aromatic carbocycles. The molecule has 0 spiro atoms. The lowest BCUT2D eigenvalue weighted by molar-refractivity contribution is -0.137. The number of aliphatic hydroxyl groups is 1. The minimum absolute atomic E-state index is 0.214. The van der Waals surface area contributed by atoms with Gasteiger partial charge in [0.15, 0.2) is 6.10 Å². The largest absolute Gasteiger partial charge is 0.381 e. The second kappa shape index (κ2) is 7.13. The van der Waals surface area contributed by atoms with Crippen LogP contribution < -0.4 is 5.32 Å². The van der Waals surface area contributed by atoms with E-state index in [1.54, 1.807) is 4.90 Å². The van der Waals surface area contributed by atoms with Gasteiger partial charge in [-0.1, -0.05) is 30.3 Å². The van der Waals surface area contributed by atoms with Crippen molar-refractivity contribution in [1.29, 1.82) is 0 Å². The van der Waals surface area contributed by atoms with E-state index in [1.165, 1.54) is 0 Å². The third kappa shape index (κ3) is 4.32. The van der Waals surface area contributed by atoms with Crippen molar-refractivity contribution < 1.29 is 14.7 Å². The molecular weight excluding hydrogens is 292 g/mol. The molecule has 2 aliphatic carbocycles. The summed E-state index contributed by atoms with van der Waals surface area (Å²) in [6.07, 6.45) is 3.81. The number of nitrogens with zero attached hydrogens (tertiary/aromatic N) is 1. The minimum Gasteiger partial charge on any atom is -0.381 e. The quantitative estimate of drug-likeness (QED) is 0.675. The number of rotatable bonds is 9. The van der Waals surface area contributed by atoms with E-state index in [0.717, 1.165) is 37.7 Å². The first-order valence-corrected chi connectivity index (χ1v) is 8.40. The average molecular weight is 316 g/mol. The van der Waals surface area contributed by atoms with Gasteiger partial charge in [0.1, 0.15) is 0 Å². The lowest BCUT2D eigenvalue weighted by Crippen LogP contribution is -2.51. The molecule has 2 aliphatic rings. The third-order valence-corrected chi connectivity index (χ3v) is 4.69. The molecule has 124 valence electrons. The number of amides is 2. The van der Waals surface area contributed by atoms with Crippen LogP contribution in [0.25, 0.3) is 0 Å². The fourth-order valence-electron chi connectivity index (χ4n) is 2.98. The molecule has 0 bridgehead atoms. The number of aliphatic hydroxyl groups excluding tert-OH is 1. The van der Waals surface area contributed by atoms with Crippen LogP contribution in [-0.4, -0.2) is 41.0 Å². The van der Waals surface area contributed by atoms with Crippen LogP contribution in [0.2, 0.25) is 0 Å². The summed E-state index contributed by atoms with van der Waals surface area (Å²) in [5.74, 6) is 0.427. The Kier molecular flexibility index (Phi) is 4.96. The van der Waals surface area contributed by atoms with Crippen molar-refractivity contribution in [1.82, 2.24) is 10.2 Å². The van der Waals surface area contributed by atoms with Gasteiger partial charge in [-0.25, -0.2) is 0 Å². The van der Waals surface area contributed by atoms with Gasteiger partial charge in [0.2, 0.25) is 6.41 Å². The molecule has 23 heavy (non-hydrogen) atoms. The summed E-state index contributed by atoms with van der Waals surface area (Å²) >= 11 is 0. The second-order valence-electron chi connectivity index (χ2n) is 6.72. The van der Waals surface area contributed by atoms with E-state index >= 15 is 0 Å². The van der Waals surface area contributed by atoms with Crippen molar-refractivity contribution in [3.8, 4) is 0 Å². The first kappa shape index (κ1) is 16.0. The minimum atomic E-state index is -1.16. The van der Waals surface area contributed by atoms with E-state index in [1.807, 2.05) is 30.3 Å². The Bertz CT molecular complexity index is 540. The molecule has 2 amide bonds. The first-order valence-electron chi connectivity index (χ1n) is 8.40. The zero-order valence-corrected chi connectivity index (χ0v) is 13.2. The standard InChI is InChI=1S/C18H24N2O3/c21-12-20(11-14-4-2-1-3-5-14)16(15-8-9-15)17(22)18(23)19-10-13-6-7-13/h1-5,12-13,15-17,22H,6-11H2,(H,19,23). The maximum atomic E-state index is 12.2. The van der Waals surface area contributed by atoms with Crippen LogP contribution in [0.5, 0.6) is 0 Å². The van der Waals surface area contributed by atoms with Crippen LogP contribution in [0.15, 0.2) is 30.3 Å². The Morgan fingerprint density at radius 2 is 1.96 bits per heavy atom. The number of hydrogen-bond acceptors (Lipinski definition) is 3. The van der Waals surface area contributed by atoms with Crippen LogP contribution >= 0.6 is 0 Å². The van der Waals surface area contributed by atoms with E-state index in [4.69, 9.17) is 0 Å². The highest BCUT2D eigenvalue weighted by atomic mass is 16.3. The molecule has 0 aliphatic heterocycles. The highest BCUT2D eigenvalue weighted by molar-refractivity contribution is 5.81. The van der Waals surface area contributed by atoms with Gasteiger partial charge >= 0.3 is 0 Å². The normalized spacial score (nSPS) is 19.7. The molecule has 2 unspecified atom stereocenters. The number of carbonyl (C=O) groups is 2. The number of carbonyl (C=O) groups excluding carboxylic acids is 2. The van der Waals surface area contributed by atoms with Gasteiger partial charge in [-0.3, -0.25) is 9.59 Å². The zero-order chi connectivity index (χ0) is 16.2. The first-order chi connectivity index (χ1) is 11.2. The van der Waals surface area contributed by atoms with Gasteiger partial charge in [0.05, 0.1) is 6.04 Å². The SMILES string of the molecule is O=CN(Cc1ccccc1)C(C1CC1)C(O)C(=O)NCC1CC1. The van der Waals surface area contributed by atoms with Gasteiger partial charge < -0.3 is 15.3 Å². The molecule has 0 radical (unpaired) electrons. The third-order valence-electron chi connectivity index (χ3n) is 4.69. The number of hydrogen-bond donors (Lipinski definition) is 2. The molecule has 2 atom stereocenters. The highest BCUT2D eigenvalue weighted by Crippen LogP contribution is 2.37. The maximum Gasteiger partial charge on any atom is 0.251 e. The van der Waals surface area contributed by atoms with E-state index < -0.39 is 12.1 Å². The summed E-state index contributed by atoms with van der Waals surface area (Å²) in [6.45, 7) is 1.05. The summed E-state index contributed by atoms with van der Waals surface area (Å²) in [7, 11) is 0. The maximum absolute atomic E-state index is 12.2. The monoisotopic (exact) mass is 316 g/mol. The molecule has 0 aromatic heterocycles.